The van der Waals surface area contributed by atoms with Crippen molar-refractivity contribution in [1.82, 2.24) is 0 Å². The fourth-order valence-corrected chi connectivity index (χ4v) is 3.40. The molecular weight excluding hydrogens is 400 g/mol. The van der Waals surface area contributed by atoms with E-state index < -0.39 is 79.9 Å². The van der Waals surface area contributed by atoms with E-state index in [9.17, 15) is 40.9 Å². The third-order valence-electron chi connectivity index (χ3n) is 5.27. The van der Waals surface area contributed by atoms with Crippen LogP contribution in [0.25, 0.3) is 0 Å². The fraction of sp³-hybridized carbons (Fsp3) is 1.00. The summed E-state index contributed by atoms with van der Waals surface area (Å²) in [4.78, 5) is 0. The Morgan fingerprint density at radius 2 is 1.21 bits per heavy atom. The molecule has 3 aliphatic rings. The van der Waals surface area contributed by atoms with E-state index in [1.165, 1.54) is 6.92 Å². The normalized spacial score (nSPS) is 54.3. The van der Waals surface area contributed by atoms with Gasteiger partial charge in [0.15, 0.2) is 18.9 Å². The number of hydrogen-bond acceptors (Lipinski definition) is 13. The highest BCUT2D eigenvalue weighted by molar-refractivity contribution is 4.93. The van der Waals surface area contributed by atoms with Gasteiger partial charge in [-0.3, -0.25) is 0 Å². The molecule has 3 heterocycles. The van der Waals surface area contributed by atoms with E-state index in [1.54, 1.807) is 0 Å². The summed E-state index contributed by atoms with van der Waals surface area (Å²) in [6, 6.07) is 0. The molecule has 3 aliphatic heterocycles. The van der Waals surface area contributed by atoms with E-state index in [1.807, 2.05) is 0 Å². The van der Waals surface area contributed by atoms with Crippen LogP contribution in [0.1, 0.15) is 6.92 Å². The van der Waals surface area contributed by atoms with Crippen LogP contribution in [0.5, 0.6) is 0 Å². The molecule has 0 bridgehead atoms. The Kier molecular flexibility index (Phi) is 7.44. The highest BCUT2D eigenvalue weighted by atomic mass is 16.7. The first-order valence-corrected chi connectivity index (χ1v) is 9.26. The van der Waals surface area contributed by atoms with Gasteiger partial charge in [-0.25, -0.2) is 0 Å². The summed E-state index contributed by atoms with van der Waals surface area (Å²) < 4.78 is 26.2. The lowest BCUT2D eigenvalue weighted by Gasteiger charge is -2.46. The molecule has 13 atom stereocenters. The molecule has 170 valence electrons. The van der Waals surface area contributed by atoms with Crippen LogP contribution in [-0.4, -0.2) is 134 Å². The maximum absolute atomic E-state index is 10.6. The van der Waals surface area contributed by atoms with Gasteiger partial charge in [0.2, 0.25) is 0 Å². The molecule has 3 fully saturated rings. The Bertz CT molecular complexity index is 537. The average molecular weight is 428 g/mol. The van der Waals surface area contributed by atoms with Gasteiger partial charge in [-0.1, -0.05) is 0 Å². The summed E-state index contributed by atoms with van der Waals surface area (Å²) in [6.07, 6.45) is -18.9. The number of aliphatic hydroxyl groups excluding tert-OH is 8. The zero-order chi connectivity index (χ0) is 21.5. The lowest BCUT2D eigenvalue weighted by Crippen LogP contribution is -2.64. The molecule has 0 aliphatic carbocycles. The van der Waals surface area contributed by atoms with Gasteiger partial charge in [0, 0.05) is 0 Å². The van der Waals surface area contributed by atoms with Crippen LogP contribution in [0.2, 0.25) is 0 Å². The molecular formula is C16H28O13. The van der Waals surface area contributed by atoms with Crippen LogP contribution in [-0.2, 0) is 23.7 Å². The van der Waals surface area contributed by atoms with Crippen LogP contribution >= 0.6 is 0 Å². The van der Waals surface area contributed by atoms with Gasteiger partial charge in [-0.2, -0.15) is 0 Å². The van der Waals surface area contributed by atoms with Crippen molar-refractivity contribution in [3.8, 4) is 0 Å². The van der Waals surface area contributed by atoms with E-state index in [-0.39, 0.29) is 13.2 Å². The zero-order valence-corrected chi connectivity index (χ0v) is 15.5. The minimum Gasteiger partial charge on any atom is -0.388 e. The van der Waals surface area contributed by atoms with Gasteiger partial charge in [0.05, 0.1) is 19.3 Å². The Labute approximate surface area is 165 Å². The van der Waals surface area contributed by atoms with Crippen molar-refractivity contribution < 1.29 is 64.5 Å². The van der Waals surface area contributed by atoms with Crippen LogP contribution in [0.15, 0.2) is 0 Å². The molecule has 0 aromatic rings. The van der Waals surface area contributed by atoms with Gasteiger partial charge in [-0.05, 0) is 6.92 Å². The molecule has 1 unspecified atom stereocenters. The molecule has 0 amide bonds. The third kappa shape index (κ3) is 4.72. The van der Waals surface area contributed by atoms with Crippen molar-refractivity contribution in [3.63, 3.8) is 0 Å². The van der Waals surface area contributed by atoms with Crippen LogP contribution < -0.4 is 0 Å². The maximum atomic E-state index is 10.6. The Balaban J connectivity index is 1.69. The van der Waals surface area contributed by atoms with E-state index >= 15 is 0 Å². The number of aliphatic hydroxyl groups is 8. The standard InChI is InChI=1S/C16H28O13/c1-4-7(19)12(28-15-10(22)8(20)5(17)3-26-15)11(23)16(27-4)29-13-9(21)6(18)2-25-14(13)24/h4-24H,2-3H2,1H3/t4-,5+,6-,7-,8-,9-,10+,11+,12+,13+,14?,15-,16-/m0/s1. The quantitative estimate of drug-likeness (QED) is 0.211. The van der Waals surface area contributed by atoms with Crippen LogP contribution in [0, 0.1) is 0 Å². The summed E-state index contributed by atoms with van der Waals surface area (Å²) >= 11 is 0. The van der Waals surface area contributed by atoms with E-state index in [0.717, 1.165) is 0 Å². The molecule has 3 saturated heterocycles. The molecule has 0 saturated carbocycles. The number of rotatable bonds is 4. The highest BCUT2D eigenvalue weighted by Gasteiger charge is 2.50. The first-order chi connectivity index (χ1) is 13.6. The van der Waals surface area contributed by atoms with Crippen molar-refractivity contribution in [3.05, 3.63) is 0 Å². The molecule has 0 radical (unpaired) electrons. The number of hydrogen-bond donors (Lipinski definition) is 8. The van der Waals surface area contributed by atoms with Crippen molar-refractivity contribution >= 4 is 0 Å². The molecule has 29 heavy (non-hydrogen) atoms. The molecule has 3 rings (SSSR count). The van der Waals surface area contributed by atoms with E-state index in [2.05, 4.69) is 0 Å². The smallest absolute Gasteiger partial charge is 0.187 e. The van der Waals surface area contributed by atoms with Crippen molar-refractivity contribution in [2.24, 2.45) is 0 Å². The van der Waals surface area contributed by atoms with Gasteiger partial charge >= 0.3 is 0 Å². The van der Waals surface area contributed by atoms with Gasteiger partial charge in [0.25, 0.3) is 0 Å². The third-order valence-corrected chi connectivity index (χ3v) is 5.27. The van der Waals surface area contributed by atoms with Crippen molar-refractivity contribution in [2.75, 3.05) is 13.2 Å². The monoisotopic (exact) mass is 428 g/mol. The van der Waals surface area contributed by atoms with E-state index in [0.29, 0.717) is 0 Å². The van der Waals surface area contributed by atoms with Gasteiger partial charge in [-0.15, -0.1) is 0 Å². The molecule has 0 aromatic carbocycles. The van der Waals surface area contributed by atoms with Crippen molar-refractivity contribution in [2.45, 2.75) is 86.8 Å². The fourth-order valence-electron chi connectivity index (χ4n) is 3.40. The maximum Gasteiger partial charge on any atom is 0.187 e. The topological polar surface area (TPSA) is 208 Å². The lowest BCUT2D eigenvalue weighted by molar-refractivity contribution is -0.369. The first-order valence-electron chi connectivity index (χ1n) is 9.26. The summed E-state index contributed by atoms with van der Waals surface area (Å²) in [5.74, 6) is 0. The molecule has 0 spiro atoms. The average Bonchev–Trinajstić information content (AvgIpc) is 2.69. The molecule has 0 aromatic heterocycles. The minimum absolute atomic E-state index is 0.317. The van der Waals surface area contributed by atoms with Gasteiger partial charge < -0.3 is 64.5 Å². The van der Waals surface area contributed by atoms with Crippen LogP contribution in [0.3, 0.4) is 0 Å². The second-order valence-electron chi connectivity index (χ2n) is 7.42. The largest absolute Gasteiger partial charge is 0.388 e. The molecule has 13 nitrogen and oxygen atoms in total. The summed E-state index contributed by atoms with van der Waals surface area (Å²) in [6.45, 7) is 0.783. The van der Waals surface area contributed by atoms with Gasteiger partial charge in [0.1, 0.15) is 54.9 Å². The second kappa shape index (κ2) is 9.32. The minimum atomic E-state index is -1.68. The lowest BCUT2D eigenvalue weighted by atomic mass is 9.98. The molecule has 13 heteroatoms. The summed E-state index contributed by atoms with van der Waals surface area (Å²) in [7, 11) is 0. The SMILES string of the molecule is C[C@@H]1O[C@@H](O[C@H]2C(O)OC[C@H](O)[C@@H]2O)[C@H](O)[C@H](O[C@@H]2OC[C@@H](O)[C@H](O)[C@H]2O)[C@H]1O. The second-order valence-corrected chi connectivity index (χ2v) is 7.42. The Morgan fingerprint density at radius 1 is 0.621 bits per heavy atom. The van der Waals surface area contributed by atoms with Crippen molar-refractivity contribution in [1.29, 1.82) is 0 Å². The Hall–Kier alpha value is -0.520. The predicted octanol–water partition coefficient (Wildman–Crippen LogP) is -5.27. The first kappa shape index (κ1) is 23.1. The van der Waals surface area contributed by atoms with E-state index in [4.69, 9.17) is 23.7 Å². The highest BCUT2D eigenvalue weighted by Crippen LogP contribution is 2.30. The predicted molar refractivity (Wildman–Crippen MR) is 87.8 cm³/mol. The summed E-state index contributed by atoms with van der Waals surface area (Å²) in [5.41, 5.74) is 0. The number of ether oxygens (including phenoxy) is 5. The zero-order valence-electron chi connectivity index (χ0n) is 15.5. The van der Waals surface area contributed by atoms with Crippen LogP contribution in [0.4, 0.5) is 0 Å². The Morgan fingerprint density at radius 3 is 1.90 bits per heavy atom. The molecule has 8 N–H and O–H groups in total. The summed E-state index contributed by atoms with van der Waals surface area (Å²) in [5, 5.41) is 79.7.